The number of hydrogen-bond donors (Lipinski definition) is 0. The molecule has 7 rings (SSSR count). The van der Waals surface area contributed by atoms with Gasteiger partial charge < -0.3 is 9.80 Å². The van der Waals surface area contributed by atoms with Gasteiger partial charge in [0, 0.05) is 30.7 Å². The third-order valence-corrected chi connectivity index (χ3v) is 9.43. The van der Waals surface area contributed by atoms with Gasteiger partial charge in [0.15, 0.2) is 0 Å². The molecule has 1 heterocycles. The molecule has 4 bridgehead atoms. The fourth-order valence-corrected chi connectivity index (χ4v) is 7.91. The Labute approximate surface area is 187 Å². The predicted octanol–water partition coefficient (Wildman–Crippen LogP) is 4.37. The van der Waals surface area contributed by atoms with Crippen LogP contribution in [0.2, 0.25) is 0 Å². The number of halogens is 1. The second-order valence-electron chi connectivity index (χ2n) is 10.9. The summed E-state index contributed by atoms with van der Waals surface area (Å²) in [5.41, 5.74) is 0.769. The quantitative estimate of drug-likeness (QED) is 0.657. The summed E-state index contributed by atoms with van der Waals surface area (Å²) in [7, 11) is 0. The van der Waals surface area contributed by atoms with Crippen molar-refractivity contribution in [2.24, 2.45) is 23.2 Å². The first kappa shape index (κ1) is 19.3. The number of amides is 2. The first-order valence-electron chi connectivity index (χ1n) is 11.8. The van der Waals surface area contributed by atoms with Crippen LogP contribution < -0.4 is 0 Å². The van der Waals surface area contributed by atoms with Crippen LogP contribution in [0.5, 0.6) is 0 Å². The van der Waals surface area contributed by atoms with Gasteiger partial charge >= 0.3 is 0 Å². The predicted molar refractivity (Wildman–Crippen MR) is 119 cm³/mol. The number of nitrogens with zero attached hydrogens (tertiary/aromatic N) is 2. The molecule has 6 aliphatic rings. The summed E-state index contributed by atoms with van der Waals surface area (Å²) >= 11 is 3.49. The number of carbonyl (C=O) groups is 2. The summed E-state index contributed by atoms with van der Waals surface area (Å²) in [6.45, 7) is 2.80. The second kappa shape index (κ2) is 6.82. The van der Waals surface area contributed by atoms with Gasteiger partial charge in [-0.1, -0.05) is 28.1 Å². The molecule has 1 aromatic carbocycles. The Morgan fingerprint density at radius 3 is 1.70 bits per heavy atom. The van der Waals surface area contributed by atoms with Crippen LogP contribution in [0.3, 0.4) is 0 Å². The van der Waals surface area contributed by atoms with Crippen molar-refractivity contribution in [3.8, 4) is 0 Å². The maximum absolute atomic E-state index is 13.6. The van der Waals surface area contributed by atoms with Gasteiger partial charge in [0.05, 0.1) is 10.8 Å². The zero-order valence-corrected chi connectivity index (χ0v) is 19.2. The minimum atomic E-state index is -0.313. The lowest BCUT2D eigenvalue weighted by Crippen LogP contribution is -2.59. The van der Waals surface area contributed by atoms with E-state index in [4.69, 9.17) is 0 Å². The lowest BCUT2D eigenvalue weighted by molar-refractivity contribution is -0.160. The van der Waals surface area contributed by atoms with Crippen molar-refractivity contribution in [3.05, 3.63) is 34.3 Å². The van der Waals surface area contributed by atoms with Crippen molar-refractivity contribution in [2.75, 3.05) is 26.2 Å². The molecule has 0 spiro atoms. The van der Waals surface area contributed by atoms with Crippen LogP contribution in [0.15, 0.2) is 28.7 Å². The highest BCUT2D eigenvalue weighted by atomic mass is 79.9. The molecule has 0 atom stereocenters. The summed E-state index contributed by atoms with van der Waals surface area (Å²) in [5, 5.41) is 0. The minimum absolute atomic E-state index is 0.0595. The van der Waals surface area contributed by atoms with Crippen LogP contribution in [-0.2, 0) is 15.0 Å². The molecule has 2 amide bonds. The van der Waals surface area contributed by atoms with Crippen LogP contribution in [0, 0.1) is 23.2 Å². The van der Waals surface area contributed by atoms with E-state index >= 15 is 0 Å². The van der Waals surface area contributed by atoms with Crippen LogP contribution in [0.4, 0.5) is 0 Å². The van der Waals surface area contributed by atoms with E-state index < -0.39 is 0 Å². The largest absolute Gasteiger partial charge is 0.339 e. The molecule has 5 heteroatoms. The lowest BCUT2D eigenvalue weighted by Gasteiger charge is -2.57. The fourth-order valence-electron chi connectivity index (χ4n) is 7.64. The summed E-state index contributed by atoms with van der Waals surface area (Å²) < 4.78 is 1.05. The van der Waals surface area contributed by atoms with Crippen molar-refractivity contribution in [1.82, 2.24) is 9.80 Å². The molecule has 160 valence electrons. The Kier molecular flexibility index (Phi) is 4.39. The first-order valence-corrected chi connectivity index (χ1v) is 12.6. The third-order valence-electron chi connectivity index (χ3n) is 8.90. The fraction of sp³-hybridized carbons (Fsp3) is 0.680. The molecule has 4 nitrogen and oxygen atoms in total. The highest BCUT2D eigenvalue weighted by Gasteiger charge is 2.56. The molecule has 0 aromatic heterocycles. The average Bonchev–Trinajstić information content (AvgIpc) is 3.54. The third kappa shape index (κ3) is 2.98. The molecule has 1 aliphatic heterocycles. The molecule has 0 N–H and O–H groups in total. The molecule has 1 saturated heterocycles. The molecular weight excluding hydrogens is 440 g/mol. The number of rotatable bonds is 3. The van der Waals surface area contributed by atoms with E-state index in [1.165, 1.54) is 19.3 Å². The SMILES string of the molecule is O=C(N1CCN(C(=O)C2(c3ccc(Br)cc3)CC2)CC1)C12CC3CC(CC(C3)C1)C2. The van der Waals surface area contributed by atoms with E-state index in [2.05, 4.69) is 33.0 Å². The highest BCUT2D eigenvalue weighted by Crippen LogP contribution is 2.60. The monoisotopic (exact) mass is 470 g/mol. The van der Waals surface area contributed by atoms with Crippen LogP contribution in [0.1, 0.15) is 56.9 Å². The Bertz CT molecular complexity index is 832. The number of benzene rings is 1. The normalized spacial score (nSPS) is 36.1. The van der Waals surface area contributed by atoms with Crippen LogP contribution >= 0.6 is 15.9 Å². The first-order chi connectivity index (χ1) is 14.5. The van der Waals surface area contributed by atoms with Crippen molar-refractivity contribution >= 4 is 27.7 Å². The summed E-state index contributed by atoms with van der Waals surface area (Å²) in [5.74, 6) is 3.07. The zero-order chi connectivity index (χ0) is 20.5. The Balaban J connectivity index is 1.12. The second-order valence-corrected chi connectivity index (χ2v) is 11.8. The van der Waals surface area contributed by atoms with Gasteiger partial charge in [0.25, 0.3) is 0 Å². The molecular formula is C25H31BrN2O2. The molecule has 0 radical (unpaired) electrons. The minimum Gasteiger partial charge on any atom is -0.339 e. The maximum Gasteiger partial charge on any atom is 0.233 e. The number of carbonyl (C=O) groups excluding carboxylic acids is 2. The molecule has 1 aromatic rings. The van der Waals surface area contributed by atoms with Gasteiger partial charge in [-0.2, -0.15) is 0 Å². The average molecular weight is 471 g/mol. The summed E-state index contributed by atoms with van der Waals surface area (Å²) in [6.07, 6.45) is 9.38. The number of hydrogen-bond acceptors (Lipinski definition) is 2. The van der Waals surface area contributed by atoms with Gasteiger partial charge in [-0.15, -0.1) is 0 Å². The van der Waals surface area contributed by atoms with Gasteiger partial charge in [-0.25, -0.2) is 0 Å². The number of piperazine rings is 1. The van der Waals surface area contributed by atoms with E-state index in [0.717, 1.165) is 59.9 Å². The van der Waals surface area contributed by atoms with Crippen LogP contribution in [0.25, 0.3) is 0 Å². The maximum atomic E-state index is 13.6. The molecule has 5 saturated carbocycles. The summed E-state index contributed by atoms with van der Waals surface area (Å²) in [6, 6.07) is 8.24. The Hall–Kier alpha value is -1.36. The summed E-state index contributed by atoms with van der Waals surface area (Å²) in [4.78, 5) is 31.1. The van der Waals surface area contributed by atoms with Gasteiger partial charge in [0.2, 0.25) is 11.8 Å². The molecule has 6 fully saturated rings. The smallest absolute Gasteiger partial charge is 0.233 e. The lowest BCUT2D eigenvalue weighted by atomic mass is 9.49. The molecule has 0 unspecified atom stereocenters. The van der Waals surface area contributed by atoms with Gasteiger partial charge in [-0.3, -0.25) is 9.59 Å². The Morgan fingerprint density at radius 2 is 1.23 bits per heavy atom. The van der Waals surface area contributed by atoms with Crippen molar-refractivity contribution in [1.29, 1.82) is 0 Å². The van der Waals surface area contributed by atoms with Crippen molar-refractivity contribution < 1.29 is 9.59 Å². The molecule has 30 heavy (non-hydrogen) atoms. The molecule has 5 aliphatic carbocycles. The van der Waals surface area contributed by atoms with E-state index in [9.17, 15) is 9.59 Å². The zero-order valence-electron chi connectivity index (χ0n) is 17.6. The van der Waals surface area contributed by atoms with E-state index in [1.54, 1.807) is 0 Å². The van der Waals surface area contributed by atoms with E-state index in [0.29, 0.717) is 32.1 Å². The van der Waals surface area contributed by atoms with Gasteiger partial charge in [0.1, 0.15) is 0 Å². The highest BCUT2D eigenvalue weighted by molar-refractivity contribution is 9.10. The van der Waals surface area contributed by atoms with E-state index in [1.807, 2.05) is 17.0 Å². The van der Waals surface area contributed by atoms with Crippen molar-refractivity contribution in [2.45, 2.75) is 56.8 Å². The Morgan fingerprint density at radius 1 is 0.767 bits per heavy atom. The van der Waals surface area contributed by atoms with Gasteiger partial charge in [-0.05, 0) is 86.8 Å². The topological polar surface area (TPSA) is 40.6 Å². The van der Waals surface area contributed by atoms with E-state index in [-0.39, 0.29) is 16.7 Å². The van der Waals surface area contributed by atoms with Crippen molar-refractivity contribution in [3.63, 3.8) is 0 Å². The van der Waals surface area contributed by atoms with Crippen LogP contribution in [-0.4, -0.2) is 47.8 Å². The standard InChI is InChI=1S/C25H31BrN2O2/c26-21-3-1-20(2-4-21)25(5-6-25)23(30)28-9-7-27(8-10-28)22(29)24-14-17-11-18(15-24)13-19(12-17)16-24/h1-4,17-19H,5-16H2.